The van der Waals surface area contributed by atoms with Crippen LogP contribution in [0.1, 0.15) is 24.8 Å². The zero-order valence-electron chi connectivity index (χ0n) is 14.7. The van der Waals surface area contributed by atoms with Crippen molar-refractivity contribution in [3.8, 4) is 17.2 Å². The third-order valence-corrected chi connectivity index (χ3v) is 6.75. The molecule has 27 heavy (non-hydrogen) atoms. The van der Waals surface area contributed by atoms with Crippen LogP contribution >= 0.6 is 11.8 Å². The summed E-state index contributed by atoms with van der Waals surface area (Å²) in [5.41, 5.74) is 2.03. The number of carboxylic acids is 1. The lowest BCUT2D eigenvalue weighted by molar-refractivity contribution is -0.152. The van der Waals surface area contributed by atoms with Gasteiger partial charge in [-0.05, 0) is 35.9 Å². The Balaban J connectivity index is 1.75. The largest absolute Gasteiger partial charge is 0.481 e. The molecule has 1 heterocycles. The maximum atomic E-state index is 11.7. The lowest BCUT2D eigenvalue weighted by Gasteiger charge is -2.37. The maximum absolute atomic E-state index is 11.7. The normalized spacial score (nSPS) is 15.1. The lowest BCUT2D eigenvalue weighted by Crippen LogP contribution is -2.40. The molecule has 0 saturated heterocycles. The molecule has 1 fully saturated rings. The highest BCUT2D eigenvalue weighted by Gasteiger charge is 2.44. The molecule has 1 saturated carbocycles. The number of fused-ring (bicyclic) bond motifs is 1. The maximum Gasteiger partial charge on any atom is 0.310 e. The summed E-state index contributed by atoms with van der Waals surface area (Å²) < 4.78 is 0. The van der Waals surface area contributed by atoms with Crippen molar-refractivity contribution in [2.24, 2.45) is 5.41 Å². The molecule has 0 spiro atoms. The Hall–Kier alpha value is -2.84. The molecule has 4 nitrogen and oxygen atoms in total. The first-order valence-corrected chi connectivity index (χ1v) is 9.86. The second-order valence-corrected chi connectivity index (χ2v) is 7.93. The first-order valence-electron chi connectivity index (χ1n) is 8.87. The van der Waals surface area contributed by atoms with E-state index in [1.54, 1.807) is 18.0 Å². The Morgan fingerprint density at radius 2 is 1.93 bits per heavy atom. The predicted octanol–water partition coefficient (Wildman–Crippen LogP) is 5.12. The molecule has 0 amide bonds. The number of rotatable bonds is 5. The number of pyridine rings is 1. The number of thioether (sulfide) groups is 1. The van der Waals surface area contributed by atoms with E-state index in [2.05, 4.69) is 11.1 Å². The van der Waals surface area contributed by atoms with Crippen LogP contribution in [0.4, 0.5) is 0 Å². The van der Waals surface area contributed by atoms with E-state index < -0.39 is 11.4 Å². The minimum Gasteiger partial charge on any atom is -0.481 e. The summed E-state index contributed by atoms with van der Waals surface area (Å²) >= 11 is 1.59. The van der Waals surface area contributed by atoms with E-state index in [9.17, 15) is 15.2 Å². The molecule has 0 radical (unpaired) electrons. The SMILES string of the molecule is N#Cc1ccc(-c2cnccc2SCC2(C(=O)O)CCC2)c2ccccc12. The first-order chi connectivity index (χ1) is 13.1. The fourth-order valence-corrected chi connectivity index (χ4v) is 4.90. The van der Waals surface area contributed by atoms with Gasteiger partial charge >= 0.3 is 5.97 Å². The fourth-order valence-electron chi connectivity index (χ4n) is 3.58. The number of aliphatic carboxylic acids is 1. The Kier molecular flexibility index (Phi) is 4.59. The van der Waals surface area contributed by atoms with Crippen LogP contribution in [0.25, 0.3) is 21.9 Å². The van der Waals surface area contributed by atoms with Crippen molar-refractivity contribution in [3.05, 3.63) is 60.4 Å². The molecule has 3 aromatic rings. The average Bonchev–Trinajstić information content (AvgIpc) is 2.66. The van der Waals surface area contributed by atoms with Gasteiger partial charge in [0.2, 0.25) is 0 Å². The van der Waals surface area contributed by atoms with E-state index in [1.807, 2.05) is 48.7 Å². The highest BCUT2D eigenvalue weighted by atomic mass is 32.2. The Morgan fingerprint density at radius 3 is 2.59 bits per heavy atom. The number of carbonyl (C=O) groups is 1. The number of nitrogens with zero attached hydrogens (tertiary/aromatic N) is 2. The van der Waals surface area contributed by atoms with Gasteiger partial charge in [-0.2, -0.15) is 5.26 Å². The summed E-state index contributed by atoms with van der Waals surface area (Å²) in [6.07, 6.45) is 6.04. The molecule has 0 unspecified atom stereocenters. The van der Waals surface area contributed by atoms with Gasteiger partial charge in [-0.3, -0.25) is 9.78 Å². The van der Waals surface area contributed by atoms with E-state index in [0.29, 0.717) is 11.3 Å². The van der Waals surface area contributed by atoms with E-state index in [-0.39, 0.29) is 0 Å². The Morgan fingerprint density at radius 1 is 1.15 bits per heavy atom. The summed E-state index contributed by atoms with van der Waals surface area (Å²) in [6.45, 7) is 0. The van der Waals surface area contributed by atoms with Crippen molar-refractivity contribution in [2.45, 2.75) is 24.2 Å². The zero-order chi connectivity index (χ0) is 18.9. The summed E-state index contributed by atoms with van der Waals surface area (Å²) in [5.74, 6) is -0.131. The fraction of sp³-hybridized carbons (Fsp3) is 0.227. The number of aromatic nitrogens is 1. The molecule has 0 atom stereocenters. The standard InChI is InChI=1S/C22H18N2O2S/c23-12-15-6-7-18(17-5-2-1-4-16(15)17)19-13-24-11-8-20(19)27-14-22(21(25)26)9-3-10-22/h1-2,4-8,11,13H,3,9-10,14H2,(H,25,26). The van der Waals surface area contributed by atoms with E-state index in [0.717, 1.165) is 46.1 Å². The van der Waals surface area contributed by atoms with Crippen molar-refractivity contribution in [2.75, 3.05) is 5.75 Å². The minimum absolute atomic E-state index is 0.563. The van der Waals surface area contributed by atoms with Gasteiger partial charge in [0.15, 0.2) is 0 Å². The quantitative estimate of drug-likeness (QED) is 0.627. The number of benzene rings is 2. The first kappa shape index (κ1) is 17.6. The summed E-state index contributed by atoms with van der Waals surface area (Å²) in [6, 6.07) is 15.8. The monoisotopic (exact) mass is 374 g/mol. The summed E-state index contributed by atoms with van der Waals surface area (Å²) in [5, 5.41) is 20.9. The molecule has 134 valence electrons. The Bertz CT molecular complexity index is 1070. The summed E-state index contributed by atoms with van der Waals surface area (Å²) in [4.78, 5) is 17.0. The molecule has 4 rings (SSSR count). The highest BCUT2D eigenvalue weighted by molar-refractivity contribution is 7.99. The molecular weight excluding hydrogens is 356 g/mol. The molecule has 0 bridgehead atoms. The molecular formula is C22H18N2O2S. The van der Waals surface area contributed by atoms with Gasteiger partial charge in [0.25, 0.3) is 0 Å². The molecule has 1 aliphatic rings. The van der Waals surface area contributed by atoms with Gasteiger partial charge in [0.1, 0.15) is 0 Å². The zero-order valence-corrected chi connectivity index (χ0v) is 15.5. The number of carboxylic acid groups (broad SMARTS) is 1. The van der Waals surface area contributed by atoms with Crippen LogP contribution < -0.4 is 0 Å². The topological polar surface area (TPSA) is 74.0 Å². The second kappa shape index (κ2) is 7.05. The van der Waals surface area contributed by atoms with Gasteiger partial charge in [-0.25, -0.2) is 0 Å². The summed E-state index contributed by atoms with van der Waals surface area (Å²) in [7, 11) is 0. The smallest absolute Gasteiger partial charge is 0.310 e. The molecule has 1 N–H and O–H groups in total. The van der Waals surface area contributed by atoms with Crippen molar-refractivity contribution in [1.29, 1.82) is 5.26 Å². The van der Waals surface area contributed by atoms with Crippen LogP contribution in [0.5, 0.6) is 0 Å². The van der Waals surface area contributed by atoms with Crippen LogP contribution in [0, 0.1) is 16.7 Å². The van der Waals surface area contributed by atoms with E-state index >= 15 is 0 Å². The van der Waals surface area contributed by atoms with Crippen LogP contribution in [0.2, 0.25) is 0 Å². The van der Waals surface area contributed by atoms with Gasteiger partial charge in [-0.15, -0.1) is 11.8 Å². The van der Waals surface area contributed by atoms with E-state index in [4.69, 9.17) is 0 Å². The van der Waals surface area contributed by atoms with Crippen molar-refractivity contribution < 1.29 is 9.90 Å². The van der Waals surface area contributed by atoms with Gasteiger partial charge < -0.3 is 5.11 Å². The number of nitriles is 1. The molecule has 2 aromatic carbocycles. The highest BCUT2D eigenvalue weighted by Crippen LogP contribution is 2.46. The molecule has 1 aliphatic carbocycles. The van der Waals surface area contributed by atoms with Crippen LogP contribution in [0.3, 0.4) is 0 Å². The molecule has 1 aromatic heterocycles. The predicted molar refractivity (Wildman–Crippen MR) is 107 cm³/mol. The minimum atomic E-state index is -0.694. The van der Waals surface area contributed by atoms with Crippen LogP contribution in [-0.2, 0) is 4.79 Å². The van der Waals surface area contributed by atoms with Gasteiger partial charge in [0.05, 0.1) is 17.0 Å². The second-order valence-electron chi connectivity index (χ2n) is 6.92. The van der Waals surface area contributed by atoms with Crippen molar-refractivity contribution in [3.63, 3.8) is 0 Å². The number of hydrogen-bond donors (Lipinski definition) is 1. The Labute approximate surface area is 161 Å². The lowest BCUT2D eigenvalue weighted by atomic mass is 9.70. The van der Waals surface area contributed by atoms with Crippen LogP contribution in [0.15, 0.2) is 59.8 Å². The average molecular weight is 374 g/mol. The van der Waals surface area contributed by atoms with Crippen molar-refractivity contribution >= 4 is 28.5 Å². The third-order valence-electron chi connectivity index (χ3n) is 5.38. The molecule has 5 heteroatoms. The van der Waals surface area contributed by atoms with Gasteiger partial charge in [-0.1, -0.05) is 36.8 Å². The van der Waals surface area contributed by atoms with Gasteiger partial charge in [0, 0.05) is 34.0 Å². The van der Waals surface area contributed by atoms with Crippen molar-refractivity contribution in [1.82, 2.24) is 4.98 Å². The number of hydrogen-bond acceptors (Lipinski definition) is 4. The molecule has 0 aliphatic heterocycles. The van der Waals surface area contributed by atoms with Crippen LogP contribution in [-0.4, -0.2) is 21.8 Å². The third kappa shape index (κ3) is 3.07. The van der Waals surface area contributed by atoms with E-state index in [1.165, 1.54) is 0 Å².